The summed E-state index contributed by atoms with van der Waals surface area (Å²) in [6, 6.07) is 16.2. The molecule has 7 atom stereocenters. The van der Waals surface area contributed by atoms with Crippen molar-refractivity contribution in [2.75, 3.05) is 14.1 Å². The standard InChI is InChI=1S/C32H28N2O8/c1-34(2)25-24-27(37)21-18(13-14-10-11-15-6-3-4-7-16(15)12-14)17-8-5-9-19(35)20(17)26(36)22(21)29(39)32(24,42)30(40)23(28(25)38)31(33)41/h3-13,21-25,27,35,37,42H,1-2H3,(H2,33,41)/t21-,22?,23?,24-,25+,27+,32+/m1/s1. The molecule has 3 aliphatic rings. The van der Waals surface area contributed by atoms with Crippen molar-refractivity contribution in [3.8, 4) is 5.75 Å². The fraction of sp³-hybridized carbons (Fsp3) is 0.281. The number of Topliss-reactive ketones (excluding diaryl/α,β-unsaturated/α-hetero) is 4. The van der Waals surface area contributed by atoms with Gasteiger partial charge in [-0.25, -0.2) is 0 Å². The quantitative estimate of drug-likeness (QED) is 0.336. The number of nitrogens with two attached hydrogens (primary N) is 1. The Hall–Kier alpha value is -4.51. The smallest absolute Gasteiger partial charge is 0.235 e. The van der Waals surface area contributed by atoms with E-state index in [2.05, 4.69) is 0 Å². The Morgan fingerprint density at radius 2 is 1.64 bits per heavy atom. The van der Waals surface area contributed by atoms with Gasteiger partial charge in [0.15, 0.2) is 34.7 Å². The van der Waals surface area contributed by atoms with Gasteiger partial charge < -0.3 is 21.1 Å². The fourth-order valence-corrected chi connectivity index (χ4v) is 7.15. The molecule has 3 aromatic rings. The van der Waals surface area contributed by atoms with Crippen molar-refractivity contribution >= 4 is 51.5 Å². The maximum Gasteiger partial charge on any atom is 0.235 e. The largest absolute Gasteiger partial charge is 0.507 e. The first-order chi connectivity index (χ1) is 19.9. The van der Waals surface area contributed by atoms with E-state index in [-0.39, 0.29) is 11.1 Å². The number of hydrogen-bond acceptors (Lipinski definition) is 9. The first-order valence-electron chi connectivity index (χ1n) is 13.4. The molecule has 10 nitrogen and oxygen atoms in total. The summed E-state index contributed by atoms with van der Waals surface area (Å²) < 4.78 is 0. The molecule has 0 radical (unpaired) electrons. The van der Waals surface area contributed by atoms with Crippen LogP contribution in [0.25, 0.3) is 22.4 Å². The number of benzene rings is 3. The van der Waals surface area contributed by atoms with E-state index >= 15 is 0 Å². The normalized spacial score (nSPS) is 31.7. The van der Waals surface area contributed by atoms with Crippen molar-refractivity contribution in [2.45, 2.75) is 17.7 Å². The molecule has 0 spiro atoms. The molecule has 5 N–H and O–H groups in total. The van der Waals surface area contributed by atoms with E-state index in [0.29, 0.717) is 11.1 Å². The lowest BCUT2D eigenvalue weighted by molar-refractivity contribution is -0.192. The molecule has 0 aliphatic heterocycles. The number of amides is 1. The maximum absolute atomic E-state index is 14.2. The Kier molecular flexibility index (Phi) is 6.27. The molecule has 6 rings (SSSR count). The van der Waals surface area contributed by atoms with Crippen LogP contribution < -0.4 is 5.73 Å². The summed E-state index contributed by atoms with van der Waals surface area (Å²) in [4.78, 5) is 68.6. The third-order valence-corrected chi connectivity index (χ3v) is 8.97. The van der Waals surface area contributed by atoms with Crippen LogP contribution in [0.3, 0.4) is 0 Å². The van der Waals surface area contributed by atoms with E-state index in [9.17, 15) is 39.3 Å². The molecule has 0 aromatic heterocycles. The number of aliphatic hydroxyl groups is 2. The van der Waals surface area contributed by atoms with Gasteiger partial charge in [0.05, 0.1) is 29.5 Å². The molecule has 2 saturated carbocycles. The molecule has 2 unspecified atom stereocenters. The minimum Gasteiger partial charge on any atom is -0.507 e. The Bertz CT molecular complexity index is 1760. The van der Waals surface area contributed by atoms with Gasteiger partial charge in [0.25, 0.3) is 0 Å². The second-order valence-corrected chi connectivity index (χ2v) is 11.4. The monoisotopic (exact) mass is 568 g/mol. The fourth-order valence-electron chi connectivity index (χ4n) is 7.15. The number of carbonyl (C=O) groups excluding carboxylic acids is 5. The summed E-state index contributed by atoms with van der Waals surface area (Å²) in [6.07, 6.45) is -0.0723. The molecule has 214 valence electrons. The van der Waals surface area contributed by atoms with Crippen molar-refractivity contribution in [1.82, 2.24) is 4.90 Å². The summed E-state index contributed by atoms with van der Waals surface area (Å²) in [5, 5.41) is 36.5. The van der Waals surface area contributed by atoms with Gasteiger partial charge in [0, 0.05) is 5.92 Å². The Balaban J connectivity index is 1.61. The van der Waals surface area contributed by atoms with Crippen LogP contribution in [-0.4, -0.2) is 81.1 Å². The summed E-state index contributed by atoms with van der Waals surface area (Å²) in [7, 11) is 2.90. The van der Waals surface area contributed by atoms with E-state index in [1.807, 2.05) is 42.5 Å². The van der Waals surface area contributed by atoms with Crippen LogP contribution >= 0.6 is 0 Å². The number of rotatable bonds is 3. The van der Waals surface area contributed by atoms with Crippen molar-refractivity contribution in [3.63, 3.8) is 0 Å². The van der Waals surface area contributed by atoms with E-state index in [1.54, 1.807) is 12.1 Å². The second kappa shape index (κ2) is 9.52. The number of carbonyl (C=O) groups is 5. The summed E-state index contributed by atoms with van der Waals surface area (Å²) in [5.41, 5.74) is 3.37. The number of hydrogen-bond donors (Lipinski definition) is 4. The van der Waals surface area contributed by atoms with Crippen molar-refractivity contribution in [2.24, 2.45) is 29.4 Å². The number of aromatic hydroxyl groups is 1. The number of phenols is 1. The third kappa shape index (κ3) is 3.65. The molecule has 10 heteroatoms. The highest BCUT2D eigenvalue weighted by molar-refractivity contribution is 6.33. The van der Waals surface area contributed by atoms with Gasteiger partial charge >= 0.3 is 0 Å². The van der Waals surface area contributed by atoms with Gasteiger partial charge in [-0.05, 0) is 53.7 Å². The van der Waals surface area contributed by atoms with Crippen LogP contribution in [0, 0.1) is 23.7 Å². The highest BCUT2D eigenvalue weighted by atomic mass is 16.3. The predicted octanol–water partition coefficient (Wildman–Crippen LogP) is 0.989. The highest BCUT2D eigenvalue weighted by Gasteiger charge is 2.72. The highest BCUT2D eigenvalue weighted by Crippen LogP contribution is 2.54. The van der Waals surface area contributed by atoms with Crippen LogP contribution in [0.4, 0.5) is 0 Å². The molecule has 0 heterocycles. The molecule has 0 bridgehead atoms. The van der Waals surface area contributed by atoms with Crippen molar-refractivity contribution in [1.29, 1.82) is 0 Å². The van der Waals surface area contributed by atoms with Gasteiger partial charge in [-0.3, -0.25) is 28.9 Å². The second-order valence-electron chi connectivity index (χ2n) is 11.4. The van der Waals surface area contributed by atoms with Gasteiger partial charge in [-0.2, -0.15) is 0 Å². The van der Waals surface area contributed by atoms with Crippen LogP contribution in [0.2, 0.25) is 0 Å². The number of aliphatic hydroxyl groups excluding tert-OH is 1. The zero-order valence-electron chi connectivity index (χ0n) is 22.7. The zero-order chi connectivity index (χ0) is 30.2. The minimum atomic E-state index is -3.06. The van der Waals surface area contributed by atoms with Crippen LogP contribution in [0.15, 0.2) is 60.7 Å². The van der Waals surface area contributed by atoms with Gasteiger partial charge in [0.1, 0.15) is 5.75 Å². The summed E-state index contributed by atoms with van der Waals surface area (Å²) in [6.45, 7) is 0. The lowest BCUT2D eigenvalue weighted by atomic mass is 9.50. The summed E-state index contributed by atoms with van der Waals surface area (Å²) in [5.74, 6) is -13.2. The van der Waals surface area contributed by atoms with E-state index in [4.69, 9.17) is 5.73 Å². The van der Waals surface area contributed by atoms with Crippen LogP contribution in [0.5, 0.6) is 5.75 Å². The number of nitrogens with zero attached hydrogens (tertiary/aromatic N) is 1. The Morgan fingerprint density at radius 3 is 2.31 bits per heavy atom. The third-order valence-electron chi connectivity index (χ3n) is 8.97. The van der Waals surface area contributed by atoms with Gasteiger partial charge in [0.2, 0.25) is 5.91 Å². The Morgan fingerprint density at radius 1 is 0.952 bits per heavy atom. The number of ketones is 4. The average Bonchev–Trinajstić information content (AvgIpc) is 2.94. The lowest BCUT2D eigenvalue weighted by Gasteiger charge is -2.55. The maximum atomic E-state index is 14.2. The molecule has 42 heavy (non-hydrogen) atoms. The van der Waals surface area contributed by atoms with Gasteiger partial charge in [-0.1, -0.05) is 54.6 Å². The molecular weight excluding hydrogens is 540 g/mol. The average molecular weight is 569 g/mol. The summed E-state index contributed by atoms with van der Waals surface area (Å²) >= 11 is 0. The van der Waals surface area contributed by atoms with Crippen molar-refractivity contribution < 1.29 is 39.3 Å². The number of fused-ring (bicyclic) bond motifs is 4. The van der Waals surface area contributed by atoms with E-state index in [1.165, 1.54) is 31.1 Å². The predicted molar refractivity (Wildman–Crippen MR) is 151 cm³/mol. The first-order valence-corrected chi connectivity index (χ1v) is 13.4. The van der Waals surface area contributed by atoms with Crippen molar-refractivity contribution in [3.05, 3.63) is 77.4 Å². The number of likely N-dealkylation sites (N-methyl/N-ethyl adjacent to an activating group) is 1. The molecular formula is C32H28N2O8. The van der Waals surface area contributed by atoms with Crippen LogP contribution in [-0.2, 0) is 19.2 Å². The SMILES string of the molecule is CN(C)[C@@H]1C(=O)C(C(N)=O)C(=O)[C@@]2(O)C(=O)C3C(=O)c4c(O)cccc4C(=Cc4ccc5ccccc5c4)[C@H]3[C@H](O)[C@@H]12. The molecule has 3 aliphatic carbocycles. The molecule has 2 fully saturated rings. The van der Waals surface area contributed by atoms with E-state index < -0.39 is 76.2 Å². The molecule has 3 aromatic carbocycles. The van der Waals surface area contributed by atoms with E-state index in [0.717, 1.165) is 10.8 Å². The topological polar surface area (TPSA) is 175 Å². The van der Waals surface area contributed by atoms with Crippen LogP contribution in [0.1, 0.15) is 21.5 Å². The lowest BCUT2D eigenvalue weighted by Crippen LogP contribution is -2.77. The first kappa shape index (κ1) is 27.6. The number of primary amides is 1. The molecule has 1 amide bonds. The zero-order valence-corrected chi connectivity index (χ0v) is 22.7. The number of phenolic OH excluding ortho intramolecular Hbond substituents is 1. The van der Waals surface area contributed by atoms with Gasteiger partial charge in [-0.15, -0.1) is 0 Å². The Labute approximate surface area is 240 Å². The minimum absolute atomic E-state index is 0.191. The molecule has 0 saturated heterocycles.